The van der Waals surface area contributed by atoms with Gasteiger partial charge in [-0.05, 0) is 12.8 Å². The van der Waals surface area contributed by atoms with Crippen molar-refractivity contribution < 1.29 is 10.0 Å². The molecule has 7 heteroatoms. The quantitative estimate of drug-likeness (QED) is 0.258. The summed E-state index contributed by atoms with van der Waals surface area (Å²) in [6.45, 7) is 0. The van der Waals surface area contributed by atoms with Gasteiger partial charge in [0.2, 0.25) is 0 Å². The molecule has 0 spiro atoms. The van der Waals surface area contributed by atoms with Crippen molar-refractivity contribution >= 4 is 23.1 Å². The lowest BCUT2D eigenvalue weighted by Crippen LogP contribution is -2.57. The number of thiazole rings is 1. The third-order valence-corrected chi connectivity index (χ3v) is 4.16. The molecule has 1 heterocycles. The van der Waals surface area contributed by atoms with E-state index in [0.29, 0.717) is 18.5 Å². The molecule has 0 bridgehead atoms. The van der Waals surface area contributed by atoms with Gasteiger partial charge >= 0.3 is 0 Å². The van der Waals surface area contributed by atoms with Crippen LogP contribution in [0.25, 0.3) is 0 Å². The van der Waals surface area contributed by atoms with Crippen molar-refractivity contribution in [1.82, 2.24) is 10.3 Å². The van der Waals surface area contributed by atoms with Crippen LogP contribution in [-0.2, 0) is 0 Å². The fraction of sp³-hybridized carbons (Fsp3) is 0.583. The van der Waals surface area contributed by atoms with Gasteiger partial charge in [-0.15, -0.1) is 11.3 Å². The summed E-state index contributed by atoms with van der Waals surface area (Å²) in [6, 6.07) is 0. The SMILES string of the molecule is NC(=NO)C1(NC(=O)c2cscn2)CCCCCC1. The first-order valence-electron chi connectivity index (χ1n) is 6.37. The summed E-state index contributed by atoms with van der Waals surface area (Å²) >= 11 is 1.36. The van der Waals surface area contributed by atoms with E-state index >= 15 is 0 Å². The maximum Gasteiger partial charge on any atom is 0.271 e. The molecule has 1 aliphatic carbocycles. The maximum atomic E-state index is 12.2. The number of nitrogens with zero attached hydrogens (tertiary/aromatic N) is 2. The minimum Gasteiger partial charge on any atom is -0.409 e. The minimum absolute atomic E-state index is 0.0815. The molecule has 19 heavy (non-hydrogen) atoms. The average Bonchev–Trinajstić information content (AvgIpc) is 2.86. The zero-order chi connectivity index (χ0) is 13.7. The molecular formula is C12H18N4O2S. The number of amidine groups is 1. The first kappa shape index (κ1) is 13.8. The molecule has 0 aromatic carbocycles. The summed E-state index contributed by atoms with van der Waals surface area (Å²) in [4.78, 5) is 16.1. The summed E-state index contributed by atoms with van der Waals surface area (Å²) in [5.74, 6) is -0.187. The number of oxime groups is 1. The number of rotatable bonds is 3. The molecule has 2 rings (SSSR count). The normalized spacial score (nSPS) is 19.7. The van der Waals surface area contributed by atoms with Gasteiger partial charge in [-0.2, -0.15) is 0 Å². The number of aromatic nitrogens is 1. The van der Waals surface area contributed by atoms with Crippen molar-refractivity contribution in [3.8, 4) is 0 Å². The van der Waals surface area contributed by atoms with Gasteiger partial charge in [0.15, 0.2) is 5.84 Å². The van der Waals surface area contributed by atoms with Crippen LogP contribution in [0.1, 0.15) is 49.0 Å². The van der Waals surface area contributed by atoms with E-state index in [9.17, 15) is 4.79 Å². The molecule has 6 nitrogen and oxygen atoms in total. The molecule has 0 radical (unpaired) electrons. The summed E-state index contributed by atoms with van der Waals surface area (Å²) in [5.41, 5.74) is 7.06. The highest BCUT2D eigenvalue weighted by atomic mass is 32.1. The average molecular weight is 282 g/mol. The van der Waals surface area contributed by atoms with Crippen LogP contribution in [0.2, 0.25) is 0 Å². The van der Waals surface area contributed by atoms with Crippen molar-refractivity contribution in [2.45, 2.75) is 44.1 Å². The Morgan fingerprint density at radius 2 is 2.11 bits per heavy atom. The third-order valence-electron chi connectivity index (χ3n) is 3.57. The van der Waals surface area contributed by atoms with Gasteiger partial charge in [-0.25, -0.2) is 4.98 Å². The molecule has 1 saturated carbocycles. The van der Waals surface area contributed by atoms with E-state index in [2.05, 4.69) is 15.5 Å². The highest BCUT2D eigenvalue weighted by molar-refractivity contribution is 7.07. The van der Waals surface area contributed by atoms with E-state index in [1.165, 1.54) is 11.3 Å². The van der Waals surface area contributed by atoms with Crippen LogP contribution < -0.4 is 11.1 Å². The lowest BCUT2D eigenvalue weighted by Gasteiger charge is -2.32. The molecular weight excluding hydrogens is 264 g/mol. The molecule has 1 aliphatic rings. The topological polar surface area (TPSA) is 101 Å². The van der Waals surface area contributed by atoms with Crippen molar-refractivity contribution in [3.05, 3.63) is 16.6 Å². The second-order valence-corrected chi connectivity index (χ2v) is 5.53. The predicted octanol–water partition coefficient (Wildman–Crippen LogP) is 1.71. The number of nitrogens with one attached hydrogen (secondary N) is 1. The monoisotopic (exact) mass is 282 g/mol. The predicted molar refractivity (Wildman–Crippen MR) is 73.4 cm³/mol. The highest BCUT2D eigenvalue weighted by Gasteiger charge is 2.37. The Morgan fingerprint density at radius 1 is 1.42 bits per heavy atom. The van der Waals surface area contributed by atoms with Crippen LogP contribution >= 0.6 is 11.3 Å². The van der Waals surface area contributed by atoms with E-state index in [-0.39, 0.29) is 11.7 Å². The maximum absolute atomic E-state index is 12.2. The van der Waals surface area contributed by atoms with Crippen molar-refractivity contribution in [2.24, 2.45) is 10.9 Å². The van der Waals surface area contributed by atoms with Crippen LogP contribution in [0.3, 0.4) is 0 Å². The van der Waals surface area contributed by atoms with E-state index < -0.39 is 5.54 Å². The number of amides is 1. The van der Waals surface area contributed by atoms with Crippen LogP contribution in [0.5, 0.6) is 0 Å². The second-order valence-electron chi connectivity index (χ2n) is 4.81. The molecule has 0 saturated heterocycles. The van der Waals surface area contributed by atoms with Crippen LogP contribution in [-0.4, -0.2) is 27.5 Å². The van der Waals surface area contributed by atoms with E-state index in [4.69, 9.17) is 10.9 Å². The zero-order valence-electron chi connectivity index (χ0n) is 10.6. The standard InChI is InChI=1S/C12H18N4O2S/c13-11(16-18)12(5-3-1-2-4-6-12)15-10(17)9-7-19-8-14-9/h7-8,18H,1-6H2,(H2,13,16)(H,15,17). The molecule has 0 unspecified atom stereocenters. The second kappa shape index (κ2) is 6.01. The molecule has 104 valence electrons. The van der Waals surface area contributed by atoms with Crippen molar-refractivity contribution in [2.75, 3.05) is 0 Å². The first-order valence-corrected chi connectivity index (χ1v) is 7.31. The smallest absolute Gasteiger partial charge is 0.271 e. The first-order chi connectivity index (χ1) is 9.18. The highest BCUT2D eigenvalue weighted by Crippen LogP contribution is 2.27. The largest absolute Gasteiger partial charge is 0.409 e. The number of carbonyl (C=O) groups is 1. The van der Waals surface area contributed by atoms with Gasteiger partial charge in [-0.1, -0.05) is 30.8 Å². The van der Waals surface area contributed by atoms with Gasteiger partial charge in [0, 0.05) is 5.38 Å². The Kier molecular flexibility index (Phi) is 4.36. The molecule has 4 N–H and O–H groups in total. The fourth-order valence-electron chi connectivity index (χ4n) is 2.48. The van der Waals surface area contributed by atoms with Gasteiger partial charge in [0.1, 0.15) is 11.2 Å². The van der Waals surface area contributed by atoms with Gasteiger partial charge in [0.05, 0.1) is 5.51 Å². The number of hydrogen-bond acceptors (Lipinski definition) is 5. The molecule has 0 aliphatic heterocycles. The Morgan fingerprint density at radius 3 is 2.63 bits per heavy atom. The number of hydrogen-bond donors (Lipinski definition) is 3. The van der Waals surface area contributed by atoms with Crippen LogP contribution in [0.15, 0.2) is 16.0 Å². The Hall–Kier alpha value is -1.63. The van der Waals surface area contributed by atoms with Gasteiger partial charge < -0.3 is 16.3 Å². The third kappa shape index (κ3) is 3.04. The molecule has 1 fully saturated rings. The van der Waals surface area contributed by atoms with E-state index in [1.807, 2.05) is 0 Å². The van der Waals surface area contributed by atoms with Crippen molar-refractivity contribution in [1.29, 1.82) is 0 Å². The van der Waals surface area contributed by atoms with Gasteiger partial charge in [-0.3, -0.25) is 4.79 Å². The lowest BCUT2D eigenvalue weighted by atomic mass is 9.88. The number of nitrogens with two attached hydrogens (primary N) is 1. The van der Waals surface area contributed by atoms with Crippen molar-refractivity contribution in [3.63, 3.8) is 0 Å². The number of carbonyl (C=O) groups excluding carboxylic acids is 1. The fourth-order valence-corrected chi connectivity index (χ4v) is 3.01. The molecule has 1 aromatic heterocycles. The summed E-state index contributed by atoms with van der Waals surface area (Å²) < 4.78 is 0. The van der Waals surface area contributed by atoms with E-state index in [0.717, 1.165) is 25.7 Å². The zero-order valence-corrected chi connectivity index (χ0v) is 11.4. The Bertz CT molecular complexity index is 450. The van der Waals surface area contributed by atoms with Crippen LogP contribution in [0.4, 0.5) is 0 Å². The Labute approximate surface area is 115 Å². The molecule has 1 amide bonds. The summed E-state index contributed by atoms with van der Waals surface area (Å²) in [6.07, 6.45) is 5.50. The van der Waals surface area contributed by atoms with Gasteiger partial charge in [0.25, 0.3) is 5.91 Å². The minimum atomic E-state index is -0.744. The summed E-state index contributed by atoms with van der Waals surface area (Å²) in [5, 5.41) is 16.7. The van der Waals surface area contributed by atoms with E-state index in [1.54, 1.807) is 10.9 Å². The molecule has 0 atom stereocenters. The molecule has 1 aromatic rings. The Balaban J connectivity index is 2.20. The lowest BCUT2D eigenvalue weighted by molar-refractivity contribution is 0.0911. The van der Waals surface area contributed by atoms with Crippen LogP contribution in [0, 0.1) is 0 Å². The summed E-state index contributed by atoms with van der Waals surface area (Å²) in [7, 11) is 0.